The van der Waals surface area contributed by atoms with Crippen molar-refractivity contribution >= 4 is 40.9 Å². The molecule has 0 radical (unpaired) electrons. The van der Waals surface area contributed by atoms with Crippen LogP contribution >= 0.6 is 23.8 Å². The van der Waals surface area contributed by atoms with Gasteiger partial charge in [0.05, 0.1) is 6.61 Å². The monoisotopic (exact) mass is 446 g/mol. The Labute approximate surface area is 169 Å². The zero-order valence-electron chi connectivity index (χ0n) is 12.7. The zero-order chi connectivity index (χ0) is 17.2. The second-order valence-electron chi connectivity index (χ2n) is 5.26. The Morgan fingerprint density at radius 3 is 2.88 bits per heavy atom. The first kappa shape index (κ1) is 19.4. The second-order valence-corrected chi connectivity index (χ2v) is 7.38. The fraction of sp³-hybridized carbons (Fsp3) is 0.500. The molecule has 0 aromatic carbocycles. The van der Waals surface area contributed by atoms with Gasteiger partial charge in [0.25, 0.3) is 5.56 Å². The van der Waals surface area contributed by atoms with E-state index in [-0.39, 0.29) is 58.0 Å². The number of phosphoric acid groups is 1. The third-order valence-electron chi connectivity index (χ3n) is 3.75. The van der Waals surface area contributed by atoms with Crippen molar-refractivity contribution in [3.63, 3.8) is 0 Å². The quantitative estimate of drug-likeness (QED) is 0.193. The number of H-pyrrole nitrogens is 1. The van der Waals surface area contributed by atoms with E-state index in [1.54, 1.807) is 0 Å². The average Bonchev–Trinajstić information content (AvgIpc) is 2.96. The number of aliphatic hydroxyl groups is 1. The molecule has 2 saturated heterocycles. The number of nitrogens with two attached hydrogens (primary N) is 1. The largest absolute Gasteiger partial charge is 1.00 e. The summed E-state index contributed by atoms with van der Waals surface area (Å²) < 4.78 is 28.2. The first-order chi connectivity index (χ1) is 11.3. The first-order valence-corrected chi connectivity index (χ1v) is 8.98. The molecule has 2 aliphatic rings. The molecule has 5 N–H and O–H groups in total. The topological polar surface area (TPSA) is 175 Å². The molecule has 2 aromatic rings. The van der Waals surface area contributed by atoms with Crippen LogP contribution in [0.5, 0.6) is 0 Å². The Bertz CT molecular complexity index is 936. The Morgan fingerprint density at radius 1 is 1.44 bits per heavy atom. The minimum Gasteiger partial charge on any atom is -0.386 e. The number of halogens is 1. The van der Waals surface area contributed by atoms with Crippen LogP contribution in [0, 0.1) is 0 Å². The van der Waals surface area contributed by atoms with Crippen molar-refractivity contribution in [2.75, 3.05) is 12.3 Å². The van der Waals surface area contributed by atoms with Crippen LogP contribution in [0.4, 0.5) is 5.95 Å². The van der Waals surface area contributed by atoms with Gasteiger partial charge < -0.3 is 20.5 Å². The standard InChI is InChI=1S/C10H11BrN5O7P.Na/c11-9-13-3-6(14-10(12)15-7(3)18)16(9)8-4(17)5-2(22-8)1-21-24(19,20)23-5;/h2,4-5,8,17H,1H2,(H,19,20)(H3,12,14,15,18);/q;+1/t2?,4?,5-,8?;/m0./s1. The molecule has 5 atom stereocenters. The number of phosphoric ester groups is 1. The van der Waals surface area contributed by atoms with Gasteiger partial charge in [0.1, 0.15) is 18.3 Å². The number of anilines is 1. The summed E-state index contributed by atoms with van der Waals surface area (Å²) in [5.74, 6) is -0.134. The summed E-state index contributed by atoms with van der Waals surface area (Å²) in [7, 11) is -4.24. The summed E-state index contributed by atoms with van der Waals surface area (Å²) in [5, 5.41) is 10.5. The molecule has 0 aliphatic carbocycles. The first-order valence-electron chi connectivity index (χ1n) is 6.69. The molecule has 15 heteroatoms. The number of ether oxygens (including phenoxy) is 1. The van der Waals surface area contributed by atoms with Crippen molar-refractivity contribution in [2.24, 2.45) is 0 Å². The number of aromatic amines is 1. The van der Waals surface area contributed by atoms with Crippen LogP contribution in [-0.2, 0) is 18.3 Å². The van der Waals surface area contributed by atoms with Gasteiger partial charge in [-0.3, -0.25) is 23.4 Å². The molecule has 2 aliphatic heterocycles. The molecule has 130 valence electrons. The Morgan fingerprint density at radius 2 is 2.16 bits per heavy atom. The number of fused-ring (bicyclic) bond motifs is 2. The van der Waals surface area contributed by atoms with Crippen LogP contribution in [0.2, 0.25) is 0 Å². The number of nitrogens with one attached hydrogen (secondary N) is 1. The molecule has 4 rings (SSSR count). The predicted molar refractivity (Wildman–Crippen MR) is 80.8 cm³/mol. The molecule has 2 aromatic heterocycles. The van der Waals surface area contributed by atoms with Gasteiger partial charge in [-0.1, -0.05) is 0 Å². The number of aliphatic hydroxyl groups excluding tert-OH is 1. The third-order valence-corrected chi connectivity index (χ3v) is 5.29. The molecule has 4 unspecified atom stereocenters. The maximum Gasteiger partial charge on any atom is 1.00 e. The molecule has 0 saturated carbocycles. The zero-order valence-corrected chi connectivity index (χ0v) is 17.2. The summed E-state index contributed by atoms with van der Waals surface area (Å²) in [5.41, 5.74) is 5.07. The van der Waals surface area contributed by atoms with Gasteiger partial charge in [0.2, 0.25) is 5.95 Å². The summed E-state index contributed by atoms with van der Waals surface area (Å²) in [4.78, 5) is 31.7. The Kier molecular flexibility index (Phi) is 5.19. The van der Waals surface area contributed by atoms with E-state index in [4.69, 9.17) is 15.0 Å². The van der Waals surface area contributed by atoms with Gasteiger partial charge >= 0.3 is 37.4 Å². The number of rotatable bonds is 1. The maximum atomic E-state index is 11.9. The van der Waals surface area contributed by atoms with Gasteiger partial charge in [0.15, 0.2) is 22.1 Å². The number of hydrogen-bond donors (Lipinski definition) is 4. The molecule has 0 amide bonds. The molecule has 25 heavy (non-hydrogen) atoms. The van der Waals surface area contributed by atoms with E-state index in [2.05, 4.69) is 35.4 Å². The van der Waals surface area contributed by atoms with Crippen molar-refractivity contribution in [3.05, 3.63) is 15.1 Å². The van der Waals surface area contributed by atoms with E-state index in [1.807, 2.05) is 0 Å². The molecule has 0 bridgehead atoms. The Balaban J connectivity index is 0.00000182. The molecular weight excluding hydrogens is 436 g/mol. The number of nitrogen functional groups attached to an aromatic ring is 1. The SMILES string of the molecule is Nc1nc2c(nc(Br)n2C2OC3COP(=O)(O)O[C@@H]3C2O)c(=O)[nH]1.[Na+]. The maximum absolute atomic E-state index is 11.9. The van der Waals surface area contributed by atoms with Crippen molar-refractivity contribution in [3.8, 4) is 0 Å². The summed E-state index contributed by atoms with van der Waals surface area (Å²) in [6.45, 7) is -0.230. The number of nitrogens with zero attached hydrogens (tertiary/aromatic N) is 3. The van der Waals surface area contributed by atoms with Gasteiger partial charge in [-0.25, -0.2) is 9.55 Å². The molecule has 12 nitrogen and oxygen atoms in total. The summed E-state index contributed by atoms with van der Waals surface area (Å²) in [6.07, 6.45) is -4.25. The summed E-state index contributed by atoms with van der Waals surface area (Å²) in [6, 6.07) is 0. The minimum atomic E-state index is -4.24. The minimum absolute atomic E-state index is 0. The fourth-order valence-corrected chi connectivity index (χ4v) is 4.26. The van der Waals surface area contributed by atoms with Crippen LogP contribution in [0.25, 0.3) is 11.2 Å². The van der Waals surface area contributed by atoms with E-state index in [0.717, 1.165) is 0 Å². The number of aromatic nitrogens is 4. The summed E-state index contributed by atoms with van der Waals surface area (Å²) >= 11 is 3.18. The second kappa shape index (κ2) is 6.68. The molecule has 4 heterocycles. The Hall–Kier alpha value is -0.340. The number of hydrogen-bond acceptors (Lipinski definition) is 9. The van der Waals surface area contributed by atoms with Crippen molar-refractivity contribution < 1.29 is 57.9 Å². The van der Waals surface area contributed by atoms with E-state index >= 15 is 0 Å². The average molecular weight is 447 g/mol. The number of imidazole rings is 1. The van der Waals surface area contributed by atoms with E-state index in [0.29, 0.717) is 0 Å². The van der Waals surface area contributed by atoms with Crippen LogP contribution in [-0.4, -0.2) is 54.4 Å². The van der Waals surface area contributed by atoms with Gasteiger partial charge in [-0.2, -0.15) is 4.98 Å². The third kappa shape index (κ3) is 3.23. The van der Waals surface area contributed by atoms with E-state index in [1.165, 1.54) is 4.57 Å². The van der Waals surface area contributed by atoms with E-state index < -0.39 is 37.9 Å². The van der Waals surface area contributed by atoms with Crippen molar-refractivity contribution in [2.45, 2.75) is 24.5 Å². The van der Waals surface area contributed by atoms with Gasteiger partial charge in [-0.05, 0) is 15.9 Å². The van der Waals surface area contributed by atoms with Crippen LogP contribution < -0.4 is 40.9 Å². The predicted octanol–water partition coefficient (Wildman–Crippen LogP) is -3.76. The van der Waals surface area contributed by atoms with Gasteiger partial charge in [-0.15, -0.1) is 0 Å². The van der Waals surface area contributed by atoms with Crippen LogP contribution in [0.1, 0.15) is 6.23 Å². The molecular formula is C10H11BrN5NaO7P+. The van der Waals surface area contributed by atoms with Crippen molar-refractivity contribution in [1.82, 2.24) is 19.5 Å². The fourth-order valence-electron chi connectivity index (χ4n) is 2.75. The smallest absolute Gasteiger partial charge is 0.386 e. The normalized spacial score (nSPS) is 34.7. The van der Waals surface area contributed by atoms with Crippen molar-refractivity contribution in [1.29, 1.82) is 0 Å². The van der Waals surface area contributed by atoms with Gasteiger partial charge in [0, 0.05) is 0 Å². The van der Waals surface area contributed by atoms with E-state index in [9.17, 15) is 19.4 Å². The molecule has 0 spiro atoms. The van der Waals surface area contributed by atoms with Crippen LogP contribution in [0.15, 0.2) is 9.53 Å². The molecule has 2 fully saturated rings. The van der Waals surface area contributed by atoms with Crippen LogP contribution in [0.3, 0.4) is 0 Å².